The van der Waals surface area contributed by atoms with Crippen molar-refractivity contribution in [2.45, 2.75) is 25.8 Å². The number of nitrogens with zero attached hydrogens (tertiary/aromatic N) is 4. The van der Waals surface area contributed by atoms with E-state index in [9.17, 15) is 4.79 Å². The van der Waals surface area contributed by atoms with E-state index in [2.05, 4.69) is 65.5 Å². The van der Waals surface area contributed by atoms with Crippen molar-refractivity contribution in [3.63, 3.8) is 0 Å². The molecule has 4 aromatic carbocycles. The van der Waals surface area contributed by atoms with Gasteiger partial charge in [-0.1, -0.05) is 60.1 Å². The van der Waals surface area contributed by atoms with Crippen LogP contribution in [0.25, 0.3) is 33.5 Å². The van der Waals surface area contributed by atoms with Gasteiger partial charge in [0, 0.05) is 17.1 Å². The Morgan fingerprint density at radius 3 is 2.42 bits per heavy atom. The number of oxazole rings is 1. The van der Waals surface area contributed by atoms with Gasteiger partial charge in [-0.3, -0.25) is 9.48 Å². The lowest BCUT2D eigenvalue weighted by Gasteiger charge is -2.09. The monoisotopic (exact) mass is 646 g/mol. The Labute approximate surface area is 273 Å². The van der Waals surface area contributed by atoms with E-state index in [1.165, 1.54) is 5.56 Å². The lowest BCUT2D eigenvalue weighted by molar-refractivity contribution is -0.138. The molecular formula is C35H36Cl2N4O4. The van der Waals surface area contributed by atoms with Crippen LogP contribution in [0.5, 0.6) is 5.88 Å². The number of aromatic nitrogens is 3. The number of carboxylic acid groups (broad SMARTS) is 1. The molecule has 0 saturated heterocycles. The molecule has 0 fully saturated rings. The average molecular weight is 648 g/mol. The molecule has 0 aliphatic carbocycles. The van der Waals surface area contributed by atoms with Gasteiger partial charge in [-0.25, -0.2) is 4.98 Å². The lowest BCUT2D eigenvalue weighted by atomic mass is 10.0. The Balaban J connectivity index is 0.000000201. The first-order valence-electron chi connectivity index (χ1n) is 14.4. The highest BCUT2D eigenvalue weighted by atomic mass is 35.5. The molecule has 0 radical (unpaired) electrons. The van der Waals surface area contributed by atoms with Crippen molar-refractivity contribution in [2.75, 3.05) is 27.2 Å². The minimum atomic E-state index is -0.865. The van der Waals surface area contributed by atoms with Crippen LogP contribution in [0.4, 0.5) is 0 Å². The van der Waals surface area contributed by atoms with Crippen LogP contribution in [-0.4, -0.2) is 58.0 Å². The Kier molecular flexibility index (Phi) is 11.6. The fraction of sp³-hybridized carbons (Fsp3) is 0.229. The molecule has 0 amide bonds. The molecule has 0 saturated carbocycles. The third-order valence-corrected chi connectivity index (χ3v) is 7.41. The Morgan fingerprint density at radius 2 is 1.71 bits per heavy atom. The average Bonchev–Trinajstić information content (AvgIpc) is 3.61. The summed E-state index contributed by atoms with van der Waals surface area (Å²) in [7, 11) is 4.15. The molecule has 2 aromatic heterocycles. The van der Waals surface area contributed by atoms with Gasteiger partial charge in [0.2, 0.25) is 11.8 Å². The van der Waals surface area contributed by atoms with E-state index in [1.807, 2.05) is 35.0 Å². The van der Waals surface area contributed by atoms with E-state index in [0.29, 0.717) is 34.2 Å². The molecule has 234 valence electrons. The second-order valence-electron chi connectivity index (χ2n) is 10.8. The minimum Gasteiger partial charge on any atom is -0.481 e. The molecule has 1 unspecified atom stereocenters. The van der Waals surface area contributed by atoms with Crippen molar-refractivity contribution >= 4 is 52.0 Å². The number of hydrogen-bond acceptors (Lipinski definition) is 6. The van der Waals surface area contributed by atoms with Crippen molar-refractivity contribution < 1.29 is 19.1 Å². The van der Waals surface area contributed by atoms with Crippen molar-refractivity contribution in [1.29, 1.82) is 0 Å². The zero-order chi connectivity index (χ0) is 31.1. The molecule has 0 aliphatic rings. The van der Waals surface area contributed by atoms with Gasteiger partial charge in [0.05, 0.1) is 30.0 Å². The van der Waals surface area contributed by atoms with Gasteiger partial charge in [0.25, 0.3) is 0 Å². The quantitative estimate of drug-likeness (QED) is 0.150. The number of carboxylic acids is 1. The summed E-state index contributed by atoms with van der Waals surface area (Å²) in [5.74, 6) is -0.224. The molecule has 10 heteroatoms. The first-order chi connectivity index (χ1) is 21.3. The Hall–Kier alpha value is -4.37. The van der Waals surface area contributed by atoms with Crippen LogP contribution in [0.2, 0.25) is 5.02 Å². The standard InChI is InChI=1S/C19H23N3O.C16H12ClNO3.ClH/c1-21(2)13-8-14-23-19-17-11-6-7-12-18(17)22(20-19)15-16-9-4-3-5-10-16;1-9(16(19)20)11-4-7-14-13(8-11)18-15(21-14)10-2-5-12(17)6-3-10;/h3-7,9-12H,8,13-15H2,1-2H3;2-9H,1H3,(H,19,20);1H. The number of aliphatic carboxylic acids is 1. The third kappa shape index (κ3) is 8.63. The predicted octanol–water partition coefficient (Wildman–Crippen LogP) is 8.17. The van der Waals surface area contributed by atoms with E-state index < -0.39 is 11.9 Å². The maximum atomic E-state index is 11.0. The second-order valence-corrected chi connectivity index (χ2v) is 11.2. The number of fused-ring (bicyclic) bond motifs is 2. The molecule has 6 rings (SSSR count). The van der Waals surface area contributed by atoms with Gasteiger partial charge in [-0.15, -0.1) is 17.5 Å². The number of benzene rings is 4. The third-order valence-electron chi connectivity index (χ3n) is 7.16. The molecule has 2 heterocycles. The van der Waals surface area contributed by atoms with Crippen molar-refractivity contribution in [3.8, 4) is 17.3 Å². The van der Waals surface area contributed by atoms with Gasteiger partial charge in [0.15, 0.2) is 5.58 Å². The summed E-state index contributed by atoms with van der Waals surface area (Å²) in [6.07, 6.45) is 0.993. The van der Waals surface area contributed by atoms with Crippen LogP contribution in [0, 0.1) is 0 Å². The van der Waals surface area contributed by atoms with Crippen LogP contribution in [0.3, 0.4) is 0 Å². The number of carbonyl (C=O) groups is 1. The van der Waals surface area contributed by atoms with Gasteiger partial charge < -0.3 is 19.2 Å². The SMILES string of the molecule is CC(C(=O)O)c1ccc2oc(-c3ccc(Cl)cc3)nc2c1.CN(C)CCCOc1nn(Cc2ccccc2)c2ccccc12.Cl. The zero-order valence-corrected chi connectivity index (χ0v) is 27.0. The summed E-state index contributed by atoms with van der Waals surface area (Å²) in [5.41, 5.74) is 5.14. The molecule has 1 atom stereocenters. The summed E-state index contributed by atoms with van der Waals surface area (Å²) in [5, 5.41) is 15.5. The van der Waals surface area contributed by atoms with Crippen molar-refractivity contribution in [2.24, 2.45) is 0 Å². The van der Waals surface area contributed by atoms with Crippen molar-refractivity contribution in [3.05, 3.63) is 113 Å². The summed E-state index contributed by atoms with van der Waals surface area (Å²) in [6, 6.07) is 31.1. The first kappa shape index (κ1) is 33.5. The fourth-order valence-corrected chi connectivity index (χ4v) is 4.83. The highest BCUT2D eigenvalue weighted by molar-refractivity contribution is 6.30. The van der Waals surface area contributed by atoms with E-state index >= 15 is 0 Å². The normalized spacial score (nSPS) is 11.6. The van der Waals surface area contributed by atoms with Crippen LogP contribution < -0.4 is 4.74 Å². The summed E-state index contributed by atoms with van der Waals surface area (Å²) >= 11 is 5.86. The van der Waals surface area contributed by atoms with Crippen LogP contribution in [-0.2, 0) is 11.3 Å². The zero-order valence-electron chi connectivity index (χ0n) is 25.4. The van der Waals surface area contributed by atoms with E-state index in [0.717, 1.165) is 41.9 Å². The van der Waals surface area contributed by atoms with Crippen LogP contribution >= 0.6 is 24.0 Å². The Morgan fingerprint density at radius 1 is 1.00 bits per heavy atom. The molecular weight excluding hydrogens is 611 g/mol. The van der Waals surface area contributed by atoms with Gasteiger partial charge >= 0.3 is 5.97 Å². The summed E-state index contributed by atoms with van der Waals surface area (Å²) in [6.45, 7) is 4.10. The molecule has 0 aliphatic heterocycles. The second kappa shape index (κ2) is 15.6. The van der Waals surface area contributed by atoms with Gasteiger partial charge in [-0.2, -0.15) is 0 Å². The number of hydrogen-bond donors (Lipinski definition) is 1. The minimum absolute atomic E-state index is 0. The highest BCUT2D eigenvalue weighted by Gasteiger charge is 2.16. The van der Waals surface area contributed by atoms with Gasteiger partial charge in [-0.05, 0) is 87.1 Å². The summed E-state index contributed by atoms with van der Waals surface area (Å²) < 4.78 is 13.6. The number of rotatable bonds is 10. The topological polar surface area (TPSA) is 93.6 Å². The Bertz CT molecular complexity index is 1840. The summed E-state index contributed by atoms with van der Waals surface area (Å²) in [4.78, 5) is 17.6. The maximum absolute atomic E-state index is 11.0. The van der Waals surface area contributed by atoms with Crippen LogP contribution in [0.1, 0.15) is 30.4 Å². The maximum Gasteiger partial charge on any atom is 0.310 e. The molecule has 0 bridgehead atoms. The fourth-order valence-electron chi connectivity index (χ4n) is 4.70. The largest absolute Gasteiger partial charge is 0.481 e. The van der Waals surface area contributed by atoms with Gasteiger partial charge in [0.1, 0.15) is 5.52 Å². The number of halogens is 2. The number of ether oxygens (including phenoxy) is 1. The molecule has 0 spiro atoms. The predicted molar refractivity (Wildman–Crippen MR) is 182 cm³/mol. The molecule has 6 aromatic rings. The molecule has 1 N–H and O–H groups in total. The smallest absolute Gasteiger partial charge is 0.310 e. The van der Waals surface area contributed by atoms with E-state index in [1.54, 1.807) is 37.3 Å². The lowest BCUT2D eigenvalue weighted by Crippen LogP contribution is -2.15. The molecule has 8 nitrogen and oxygen atoms in total. The first-order valence-corrected chi connectivity index (χ1v) is 14.8. The highest BCUT2D eigenvalue weighted by Crippen LogP contribution is 2.28. The molecule has 45 heavy (non-hydrogen) atoms. The van der Waals surface area contributed by atoms with E-state index in [4.69, 9.17) is 25.9 Å². The van der Waals surface area contributed by atoms with Crippen molar-refractivity contribution in [1.82, 2.24) is 19.7 Å². The number of para-hydroxylation sites is 1. The van der Waals surface area contributed by atoms with E-state index in [-0.39, 0.29) is 12.4 Å². The van der Waals surface area contributed by atoms with Crippen LogP contribution in [0.15, 0.2) is 101 Å².